The van der Waals surface area contributed by atoms with Crippen LogP contribution in [0.15, 0.2) is 24.3 Å². The molecule has 0 aromatic rings. The van der Waals surface area contributed by atoms with Crippen LogP contribution in [0, 0.1) is 0 Å². The van der Waals surface area contributed by atoms with E-state index < -0.39 is 57.5 Å². The third-order valence-electron chi connectivity index (χ3n) is 5.67. The fraction of sp³-hybridized carbons (Fsp3) is 0.727. The first kappa shape index (κ1) is 29.9. The third-order valence-corrected chi connectivity index (χ3v) is 12.4. The zero-order valence-corrected chi connectivity index (χ0v) is 22.3. The van der Waals surface area contributed by atoms with Crippen molar-refractivity contribution in [1.29, 1.82) is 0 Å². The van der Waals surface area contributed by atoms with Crippen LogP contribution in [0.5, 0.6) is 0 Å². The largest absolute Gasteiger partial charge is 0.450 e. The Morgan fingerprint density at radius 3 is 1.31 bits per heavy atom. The topological polar surface area (TPSA) is 52.6 Å². The molecule has 0 aromatic heterocycles. The minimum absolute atomic E-state index is 0.106. The predicted octanol–water partition coefficient (Wildman–Crippen LogP) is 6.75. The first-order chi connectivity index (χ1) is 16.8. The van der Waals surface area contributed by atoms with Gasteiger partial charge in [0.2, 0.25) is 0 Å². The average Bonchev–Trinajstić information content (AvgIpc) is 2.81. The van der Waals surface area contributed by atoms with Crippen LogP contribution >= 0.6 is 47.0 Å². The van der Waals surface area contributed by atoms with Crippen LogP contribution in [-0.4, -0.2) is 67.7 Å². The van der Waals surface area contributed by atoms with E-state index in [1.165, 1.54) is 59.2 Å². The summed E-state index contributed by atoms with van der Waals surface area (Å²) >= 11 is 5.24. The molecule has 0 bridgehead atoms. The Balaban J connectivity index is 1.93. The average molecular weight is 597 g/mol. The number of alkyl halides is 6. The van der Waals surface area contributed by atoms with Gasteiger partial charge in [-0.2, -0.15) is 26.3 Å². The summed E-state index contributed by atoms with van der Waals surface area (Å²) < 4.78 is 89.9. The van der Waals surface area contributed by atoms with E-state index in [0.29, 0.717) is 23.0 Å². The Bertz CT molecular complexity index is 765. The van der Waals surface area contributed by atoms with Crippen LogP contribution < -0.4 is 0 Å². The van der Waals surface area contributed by atoms with Crippen molar-refractivity contribution in [2.24, 2.45) is 0 Å². The highest BCUT2D eigenvalue weighted by Crippen LogP contribution is 2.49. The second-order valence-corrected chi connectivity index (χ2v) is 14.6. The molecule has 2 fully saturated rings. The van der Waals surface area contributed by atoms with Gasteiger partial charge in [-0.25, -0.2) is 9.59 Å². The third kappa shape index (κ3) is 8.72. The lowest BCUT2D eigenvalue weighted by Gasteiger charge is -2.35. The van der Waals surface area contributed by atoms with Gasteiger partial charge in [0, 0.05) is 12.2 Å². The molecule has 3 rings (SSSR count). The lowest BCUT2D eigenvalue weighted by atomic mass is 10.1. The second-order valence-electron chi connectivity index (χ2n) is 8.40. The van der Waals surface area contributed by atoms with Crippen molar-refractivity contribution in [2.45, 2.75) is 71.2 Å². The Labute approximate surface area is 222 Å². The first-order valence-corrected chi connectivity index (χ1v) is 15.3. The zero-order chi connectivity index (χ0) is 26.5. The van der Waals surface area contributed by atoms with Crippen molar-refractivity contribution in [1.82, 2.24) is 0 Å². The maximum absolute atomic E-state index is 13.7. The highest BCUT2D eigenvalue weighted by atomic mass is 32.2. The molecule has 0 amide bonds. The molecule has 0 radical (unpaired) electrons. The molecule has 1 unspecified atom stereocenters. The molecule has 2 spiro atoms. The summed E-state index contributed by atoms with van der Waals surface area (Å²) in [6, 6.07) is 0. The van der Waals surface area contributed by atoms with Gasteiger partial charge in [-0.15, -0.1) is 47.0 Å². The minimum atomic E-state index is -4.80. The fourth-order valence-electron chi connectivity index (χ4n) is 3.82. The molecule has 3 heterocycles. The normalized spacial score (nSPS) is 30.4. The van der Waals surface area contributed by atoms with Crippen molar-refractivity contribution in [2.75, 3.05) is 23.0 Å². The van der Waals surface area contributed by atoms with Crippen LogP contribution in [0.4, 0.5) is 26.3 Å². The summed E-state index contributed by atoms with van der Waals surface area (Å²) in [7, 11) is 0. The Kier molecular flexibility index (Phi) is 10.4. The number of thioether (sulfide) groups is 4. The maximum Gasteiger partial charge on any atom is 0.425 e. The second kappa shape index (κ2) is 12.5. The van der Waals surface area contributed by atoms with Crippen LogP contribution in [0.25, 0.3) is 0 Å². The standard InChI is InChI=1S/C22H26F6O4S4/c23-21(24,25)15-3-7-19(33-11-1-12-34-19)9-5-17(29)32-16(22(26,27)28)4-8-20(10-6-18(30)31-15)35-13-2-14-36-20/h5-6,9-10,15-16H,1-4,7-8,11-14H2/b9-5+,10-6+/t15-,16?/m0/s1. The number of carbonyl (C=O) groups excluding carboxylic acids is 2. The van der Waals surface area contributed by atoms with E-state index in [2.05, 4.69) is 0 Å². The molecule has 0 aromatic carbocycles. The SMILES string of the molecule is O=C1/C=C/C2(CC[C@@H](C(F)(F)F)OC(=O)/C=C/C3(CCC(C(F)(F)F)O1)SCCCS3)SCCCS2. The van der Waals surface area contributed by atoms with Crippen molar-refractivity contribution >= 4 is 59.0 Å². The highest BCUT2D eigenvalue weighted by molar-refractivity contribution is 8.19. The molecule has 2 atom stereocenters. The van der Waals surface area contributed by atoms with Crippen molar-refractivity contribution in [3.63, 3.8) is 0 Å². The van der Waals surface area contributed by atoms with Gasteiger partial charge in [0.25, 0.3) is 0 Å². The summed E-state index contributed by atoms with van der Waals surface area (Å²) in [5, 5.41) is 0. The number of hydrogen-bond donors (Lipinski definition) is 0. The number of rotatable bonds is 0. The summed E-state index contributed by atoms with van der Waals surface area (Å²) in [4.78, 5) is 24.8. The lowest BCUT2D eigenvalue weighted by Crippen LogP contribution is -2.37. The number of ether oxygens (including phenoxy) is 2. The number of cyclic esters (lactones) is 2. The Morgan fingerprint density at radius 2 is 1.00 bits per heavy atom. The van der Waals surface area contributed by atoms with E-state index in [-0.39, 0.29) is 12.8 Å². The molecule has 36 heavy (non-hydrogen) atoms. The maximum atomic E-state index is 13.7. The van der Waals surface area contributed by atoms with Crippen LogP contribution in [-0.2, 0) is 19.1 Å². The molecule has 3 aliphatic rings. The summed E-state index contributed by atoms with van der Waals surface area (Å²) in [6.07, 6.45) is -9.60. The molecule has 204 valence electrons. The molecular weight excluding hydrogens is 570 g/mol. The van der Waals surface area contributed by atoms with E-state index in [1.54, 1.807) is 0 Å². The van der Waals surface area contributed by atoms with E-state index in [1.807, 2.05) is 0 Å². The molecular formula is C22H26F6O4S4. The summed E-state index contributed by atoms with van der Waals surface area (Å²) in [5.41, 5.74) is 0. The van der Waals surface area contributed by atoms with Gasteiger partial charge in [-0.3, -0.25) is 0 Å². The Hall–Kier alpha value is -0.600. The number of esters is 2. The first-order valence-electron chi connectivity index (χ1n) is 11.3. The lowest BCUT2D eigenvalue weighted by molar-refractivity contribution is -0.220. The van der Waals surface area contributed by atoms with Crippen LogP contribution in [0.1, 0.15) is 38.5 Å². The van der Waals surface area contributed by atoms with Crippen LogP contribution in [0.2, 0.25) is 0 Å². The van der Waals surface area contributed by atoms with E-state index >= 15 is 0 Å². The summed E-state index contributed by atoms with van der Waals surface area (Å²) in [6.45, 7) is 0. The van der Waals surface area contributed by atoms with Crippen molar-refractivity contribution in [3.05, 3.63) is 24.3 Å². The van der Waals surface area contributed by atoms with Gasteiger partial charge in [0.05, 0.1) is 8.16 Å². The molecule has 14 heteroatoms. The molecule has 0 aliphatic carbocycles. The fourth-order valence-corrected chi connectivity index (χ4v) is 10.1. The smallest absolute Gasteiger partial charge is 0.425 e. The van der Waals surface area contributed by atoms with Gasteiger partial charge in [0.15, 0.2) is 12.2 Å². The van der Waals surface area contributed by atoms with E-state index in [9.17, 15) is 35.9 Å². The molecule has 0 saturated carbocycles. The molecule has 0 N–H and O–H groups in total. The Morgan fingerprint density at radius 1 is 0.667 bits per heavy atom. The summed E-state index contributed by atoms with van der Waals surface area (Å²) in [5.74, 6) is 0.0379. The van der Waals surface area contributed by atoms with Gasteiger partial charge in [-0.05, 0) is 61.5 Å². The van der Waals surface area contributed by atoms with Gasteiger partial charge in [-0.1, -0.05) is 12.2 Å². The minimum Gasteiger partial charge on any atom is -0.450 e. The van der Waals surface area contributed by atoms with Crippen molar-refractivity contribution < 1.29 is 45.4 Å². The van der Waals surface area contributed by atoms with Crippen molar-refractivity contribution in [3.8, 4) is 0 Å². The molecule has 3 aliphatic heterocycles. The molecule has 2 saturated heterocycles. The van der Waals surface area contributed by atoms with E-state index in [0.717, 1.165) is 25.0 Å². The number of carbonyl (C=O) groups is 2. The van der Waals surface area contributed by atoms with Gasteiger partial charge in [0.1, 0.15) is 0 Å². The quantitative estimate of drug-likeness (QED) is 0.225. The predicted molar refractivity (Wildman–Crippen MR) is 133 cm³/mol. The van der Waals surface area contributed by atoms with Gasteiger partial charge >= 0.3 is 24.3 Å². The molecule has 4 nitrogen and oxygen atoms in total. The number of halogens is 6. The zero-order valence-electron chi connectivity index (χ0n) is 19.1. The monoisotopic (exact) mass is 596 g/mol. The highest BCUT2D eigenvalue weighted by Gasteiger charge is 2.46. The van der Waals surface area contributed by atoms with Crippen LogP contribution in [0.3, 0.4) is 0 Å². The van der Waals surface area contributed by atoms with Gasteiger partial charge < -0.3 is 9.47 Å². The van der Waals surface area contributed by atoms with E-state index in [4.69, 9.17) is 9.47 Å². The number of hydrogen-bond acceptors (Lipinski definition) is 8.